The number of hydrogen-bond donors (Lipinski definition) is 2. The fourth-order valence-corrected chi connectivity index (χ4v) is 3.01. The minimum atomic E-state index is 0.329. The zero-order valence-electron chi connectivity index (χ0n) is 11.9. The first-order chi connectivity index (χ1) is 10.3. The van der Waals surface area contributed by atoms with Gasteiger partial charge in [0.2, 0.25) is 0 Å². The standard InChI is InChI=1S/C17H18ClN3/c1-19-8-7-15(12-5-3-2-4-6-12)13-9-14-11-20-21-17(14)16(18)10-13/h2-6,9-11,15,19H,7-8H2,1H3,(H,20,21). The van der Waals surface area contributed by atoms with Crippen LogP contribution in [0.15, 0.2) is 48.7 Å². The molecule has 1 atom stereocenters. The number of H-pyrrole nitrogens is 1. The van der Waals surface area contributed by atoms with Gasteiger partial charge in [-0.2, -0.15) is 5.10 Å². The number of fused-ring (bicyclic) bond motifs is 1. The van der Waals surface area contributed by atoms with E-state index in [0.717, 1.165) is 28.9 Å². The average Bonchev–Trinajstić information content (AvgIpc) is 2.98. The van der Waals surface area contributed by atoms with Crippen molar-refractivity contribution in [2.75, 3.05) is 13.6 Å². The topological polar surface area (TPSA) is 40.7 Å². The second kappa shape index (κ2) is 6.29. The summed E-state index contributed by atoms with van der Waals surface area (Å²) in [6.45, 7) is 0.959. The molecule has 0 bridgehead atoms. The second-order valence-electron chi connectivity index (χ2n) is 5.19. The van der Waals surface area contributed by atoms with E-state index in [1.54, 1.807) is 0 Å². The van der Waals surface area contributed by atoms with Gasteiger partial charge >= 0.3 is 0 Å². The molecule has 3 rings (SSSR count). The van der Waals surface area contributed by atoms with Crippen molar-refractivity contribution >= 4 is 22.5 Å². The fraction of sp³-hybridized carbons (Fsp3) is 0.235. The highest BCUT2D eigenvalue weighted by atomic mass is 35.5. The number of aromatic amines is 1. The van der Waals surface area contributed by atoms with E-state index >= 15 is 0 Å². The van der Waals surface area contributed by atoms with Crippen LogP contribution in [0.4, 0.5) is 0 Å². The molecule has 108 valence electrons. The van der Waals surface area contributed by atoms with Crippen molar-refractivity contribution < 1.29 is 0 Å². The van der Waals surface area contributed by atoms with E-state index < -0.39 is 0 Å². The SMILES string of the molecule is CNCCC(c1ccccc1)c1cc(Cl)c2[nH]ncc2c1. The second-order valence-corrected chi connectivity index (χ2v) is 5.60. The Bertz CT molecular complexity index is 721. The van der Waals surface area contributed by atoms with Crippen LogP contribution in [0.1, 0.15) is 23.5 Å². The lowest BCUT2D eigenvalue weighted by Gasteiger charge is -2.18. The molecule has 3 aromatic rings. The van der Waals surface area contributed by atoms with Crippen LogP contribution in [0.3, 0.4) is 0 Å². The molecule has 0 aliphatic carbocycles. The van der Waals surface area contributed by atoms with Gasteiger partial charge in [0.15, 0.2) is 0 Å². The summed E-state index contributed by atoms with van der Waals surface area (Å²) in [5.74, 6) is 0.329. The molecule has 0 saturated heterocycles. The number of nitrogens with zero attached hydrogens (tertiary/aromatic N) is 1. The lowest BCUT2D eigenvalue weighted by molar-refractivity contribution is 0.662. The summed E-state index contributed by atoms with van der Waals surface area (Å²) < 4.78 is 0. The monoisotopic (exact) mass is 299 g/mol. The number of benzene rings is 2. The van der Waals surface area contributed by atoms with Gasteiger partial charge in [0.1, 0.15) is 0 Å². The van der Waals surface area contributed by atoms with E-state index in [4.69, 9.17) is 11.6 Å². The van der Waals surface area contributed by atoms with Gasteiger partial charge in [0, 0.05) is 11.3 Å². The Morgan fingerprint density at radius 3 is 2.76 bits per heavy atom. The number of aromatic nitrogens is 2. The lowest BCUT2D eigenvalue weighted by atomic mass is 9.88. The maximum Gasteiger partial charge on any atom is 0.0836 e. The number of nitrogens with one attached hydrogen (secondary N) is 2. The molecule has 1 heterocycles. The smallest absolute Gasteiger partial charge is 0.0836 e. The Hall–Kier alpha value is -1.84. The zero-order valence-corrected chi connectivity index (χ0v) is 12.7. The molecule has 0 fully saturated rings. The van der Waals surface area contributed by atoms with Gasteiger partial charge in [-0.15, -0.1) is 0 Å². The zero-order chi connectivity index (χ0) is 14.7. The summed E-state index contributed by atoms with van der Waals surface area (Å²) in [7, 11) is 1.98. The third-order valence-corrected chi connectivity index (χ3v) is 4.11. The summed E-state index contributed by atoms with van der Waals surface area (Å²) in [5.41, 5.74) is 3.45. The van der Waals surface area contributed by atoms with Gasteiger partial charge < -0.3 is 5.32 Å². The lowest BCUT2D eigenvalue weighted by Crippen LogP contribution is -2.13. The molecule has 0 spiro atoms. The molecule has 21 heavy (non-hydrogen) atoms. The third-order valence-electron chi connectivity index (χ3n) is 3.81. The highest BCUT2D eigenvalue weighted by Gasteiger charge is 2.16. The average molecular weight is 300 g/mol. The Morgan fingerprint density at radius 2 is 2.00 bits per heavy atom. The van der Waals surface area contributed by atoms with Crippen LogP contribution in [-0.4, -0.2) is 23.8 Å². The molecular formula is C17H18ClN3. The van der Waals surface area contributed by atoms with Crippen LogP contribution in [0.5, 0.6) is 0 Å². The number of rotatable bonds is 5. The van der Waals surface area contributed by atoms with Crippen LogP contribution >= 0.6 is 11.6 Å². The normalized spacial score (nSPS) is 12.7. The van der Waals surface area contributed by atoms with Crippen LogP contribution in [0, 0.1) is 0 Å². The molecule has 0 aliphatic heterocycles. The van der Waals surface area contributed by atoms with Crippen molar-refractivity contribution in [3.8, 4) is 0 Å². The van der Waals surface area contributed by atoms with Crippen molar-refractivity contribution in [3.05, 3.63) is 64.8 Å². The Morgan fingerprint density at radius 1 is 1.19 bits per heavy atom. The number of hydrogen-bond acceptors (Lipinski definition) is 2. The van der Waals surface area contributed by atoms with Gasteiger partial charge in [-0.3, -0.25) is 5.10 Å². The highest BCUT2D eigenvalue weighted by Crippen LogP contribution is 2.32. The molecule has 1 unspecified atom stereocenters. The van der Waals surface area contributed by atoms with E-state index in [9.17, 15) is 0 Å². The first kappa shape index (κ1) is 14.1. The summed E-state index contributed by atoms with van der Waals surface area (Å²) in [6.07, 6.45) is 2.85. The molecule has 0 saturated carbocycles. The quantitative estimate of drug-likeness (QED) is 0.749. The molecule has 3 nitrogen and oxygen atoms in total. The summed E-state index contributed by atoms with van der Waals surface area (Å²) in [4.78, 5) is 0. The van der Waals surface area contributed by atoms with Gasteiger partial charge in [0.05, 0.1) is 16.7 Å². The maximum absolute atomic E-state index is 6.38. The predicted octanol–water partition coefficient (Wildman–Crippen LogP) is 3.96. The summed E-state index contributed by atoms with van der Waals surface area (Å²) in [6, 6.07) is 14.8. The molecule has 0 radical (unpaired) electrons. The molecule has 0 aliphatic rings. The molecule has 2 aromatic carbocycles. The van der Waals surface area contributed by atoms with Crippen LogP contribution in [0.2, 0.25) is 5.02 Å². The van der Waals surface area contributed by atoms with Crippen LogP contribution in [-0.2, 0) is 0 Å². The van der Waals surface area contributed by atoms with E-state index in [0.29, 0.717) is 5.92 Å². The molecule has 0 amide bonds. The van der Waals surface area contributed by atoms with Crippen molar-refractivity contribution in [1.82, 2.24) is 15.5 Å². The van der Waals surface area contributed by atoms with E-state index in [2.05, 4.69) is 51.9 Å². The van der Waals surface area contributed by atoms with E-state index in [1.165, 1.54) is 11.1 Å². The predicted molar refractivity (Wildman–Crippen MR) is 87.9 cm³/mol. The summed E-state index contributed by atoms with van der Waals surface area (Å²) >= 11 is 6.38. The Kier molecular flexibility index (Phi) is 4.23. The van der Waals surface area contributed by atoms with E-state index in [1.807, 2.05) is 19.3 Å². The Balaban J connectivity index is 2.05. The minimum Gasteiger partial charge on any atom is -0.320 e. The number of halogens is 1. The van der Waals surface area contributed by atoms with Crippen LogP contribution in [0.25, 0.3) is 10.9 Å². The fourth-order valence-electron chi connectivity index (χ4n) is 2.74. The van der Waals surface area contributed by atoms with Crippen molar-refractivity contribution in [2.45, 2.75) is 12.3 Å². The molecule has 2 N–H and O–H groups in total. The largest absolute Gasteiger partial charge is 0.320 e. The van der Waals surface area contributed by atoms with Crippen molar-refractivity contribution in [1.29, 1.82) is 0 Å². The summed E-state index contributed by atoms with van der Waals surface area (Å²) in [5, 5.41) is 12.0. The highest BCUT2D eigenvalue weighted by molar-refractivity contribution is 6.35. The van der Waals surface area contributed by atoms with E-state index in [-0.39, 0.29) is 0 Å². The molecule has 1 aromatic heterocycles. The van der Waals surface area contributed by atoms with Gasteiger partial charge in [0.25, 0.3) is 0 Å². The van der Waals surface area contributed by atoms with Gasteiger partial charge in [-0.25, -0.2) is 0 Å². The maximum atomic E-state index is 6.38. The van der Waals surface area contributed by atoms with Gasteiger partial charge in [-0.1, -0.05) is 41.9 Å². The van der Waals surface area contributed by atoms with Crippen molar-refractivity contribution in [3.63, 3.8) is 0 Å². The van der Waals surface area contributed by atoms with Crippen molar-refractivity contribution in [2.24, 2.45) is 0 Å². The van der Waals surface area contributed by atoms with Gasteiger partial charge in [-0.05, 0) is 43.3 Å². The minimum absolute atomic E-state index is 0.329. The Labute approximate surface area is 129 Å². The molecule has 4 heteroatoms. The molecular weight excluding hydrogens is 282 g/mol. The third kappa shape index (κ3) is 2.94. The first-order valence-corrected chi connectivity index (χ1v) is 7.49. The first-order valence-electron chi connectivity index (χ1n) is 7.11. The van der Waals surface area contributed by atoms with Crippen LogP contribution < -0.4 is 5.32 Å².